The van der Waals surface area contributed by atoms with Crippen LogP contribution in [0.4, 0.5) is 0 Å². The molecule has 1 atom stereocenters. The second-order valence-electron chi connectivity index (χ2n) is 8.62. The molecule has 0 radical (unpaired) electrons. The zero-order valence-electron chi connectivity index (χ0n) is 19.6. The first kappa shape index (κ1) is 26.4. The number of carbonyl (C=O) groups is 2. The standard InChI is InChI=1S/C27H45NO2/c1-3-5-7-9-11-13-18-22-25(29)27(24-20-16-15-17-21-24)28-26(30)23-19-14-12-10-8-6-4-2/h15-17,20-21,27H,3-14,18-19,22-23H2,1-2H3,(H,28,30)/t27-/m1/s1. The van der Waals surface area contributed by atoms with Gasteiger partial charge in [-0.3, -0.25) is 9.59 Å². The van der Waals surface area contributed by atoms with Gasteiger partial charge in [-0.05, 0) is 18.4 Å². The first-order chi connectivity index (χ1) is 14.7. The molecule has 170 valence electrons. The maximum absolute atomic E-state index is 12.9. The molecule has 0 aliphatic heterocycles. The van der Waals surface area contributed by atoms with E-state index in [0.29, 0.717) is 12.8 Å². The van der Waals surface area contributed by atoms with Crippen molar-refractivity contribution in [3.63, 3.8) is 0 Å². The molecule has 1 rings (SSSR count). The smallest absolute Gasteiger partial charge is 0.220 e. The van der Waals surface area contributed by atoms with E-state index in [1.165, 1.54) is 64.2 Å². The molecular formula is C27H45NO2. The van der Waals surface area contributed by atoms with Gasteiger partial charge in [0.15, 0.2) is 5.78 Å². The lowest BCUT2D eigenvalue weighted by Crippen LogP contribution is -2.33. The highest BCUT2D eigenvalue weighted by atomic mass is 16.2. The normalized spacial score (nSPS) is 11.9. The average molecular weight is 416 g/mol. The maximum atomic E-state index is 12.9. The van der Waals surface area contributed by atoms with E-state index in [0.717, 1.165) is 31.2 Å². The number of rotatable bonds is 19. The number of hydrogen-bond acceptors (Lipinski definition) is 2. The van der Waals surface area contributed by atoms with Crippen molar-refractivity contribution >= 4 is 11.7 Å². The van der Waals surface area contributed by atoms with Gasteiger partial charge in [-0.25, -0.2) is 0 Å². The van der Waals surface area contributed by atoms with Gasteiger partial charge in [-0.2, -0.15) is 0 Å². The van der Waals surface area contributed by atoms with Gasteiger partial charge in [0, 0.05) is 12.8 Å². The minimum absolute atomic E-state index is 0.00493. The Balaban J connectivity index is 2.39. The van der Waals surface area contributed by atoms with E-state index in [1.54, 1.807) is 0 Å². The molecule has 3 nitrogen and oxygen atoms in total. The Morgan fingerprint density at radius 1 is 0.667 bits per heavy atom. The molecule has 0 aliphatic rings. The number of carbonyl (C=O) groups excluding carboxylic acids is 2. The summed E-state index contributed by atoms with van der Waals surface area (Å²) in [4.78, 5) is 25.4. The highest BCUT2D eigenvalue weighted by molar-refractivity contribution is 5.90. The second kappa shape index (κ2) is 18.2. The van der Waals surface area contributed by atoms with Crippen molar-refractivity contribution in [2.24, 2.45) is 0 Å². The molecule has 0 saturated carbocycles. The predicted molar refractivity (Wildman–Crippen MR) is 128 cm³/mol. The first-order valence-electron chi connectivity index (χ1n) is 12.6. The SMILES string of the molecule is CCCCCCCCCC(=O)N[C@@H](C(=O)CCCCCCCCC)c1ccccc1. The van der Waals surface area contributed by atoms with Crippen molar-refractivity contribution in [1.29, 1.82) is 0 Å². The lowest BCUT2D eigenvalue weighted by molar-refractivity contribution is -0.128. The van der Waals surface area contributed by atoms with Crippen molar-refractivity contribution in [2.45, 2.75) is 123 Å². The van der Waals surface area contributed by atoms with E-state index in [2.05, 4.69) is 19.2 Å². The Bertz CT molecular complexity index is 555. The van der Waals surface area contributed by atoms with E-state index < -0.39 is 6.04 Å². The molecule has 0 fully saturated rings. The van der Waals surface area contributed by atoms with E-state index in [4.69, 9.17) is 0 Å². The largest absolute Gasteiger partial charge is 0.342 e. The number of ketones is 1. The molecule has 0 saturated heterocycles. The van der Waals surface area contributed by atoms with Gasteiger partial charge in [-0.15, -0.1) is 0 Å². The van der Waals surface area contributed by atoms with Crippen LogP contribution in [0.2, 0.25) is 0 Å². The zero-order chi connectivity index (χ0) is 21.9. The molecule has 0 heterocycles. The van der Waals surface area contributed by atoms with E-state index in [1.807, 2.05) is 30.3 Å². The van der Waals surface area contributed by atoms with Crippen molar-refractivity contribution in [1.82, 2.24) is 5.32 Å². The summed E-state index contributed by atoms with van der Waals surface area (Å²) in [7, 11) is 0. The highest BCUT2D eigenvalue weighted by Crippen LogP contribution is 2.19. The maximum Gasteiger partial charge on any atom is 0.220 e. The molecule has 30 heavy (non-hydrogen) atoms. The summed E-state index contributed by atoms with van der Waals surface area (Å²) in [5, 5.41) is 3.02. The van der Waals surface area contributed by atoms with Crippen LogP contribution in [0.25, 0.3) is 0 Å². The van der Waals surface area contributed by atoms with Crippen LogP contribution in [-0.4, -0.2) is 11.7 Å². The Hall–Kier alpha value is -1.64. The fourth-order valence-corrected chi connectivity index (χ4v) is 3.87. The van der Waals surface area contributed by atoms with Gasteiger partial charge in [0.25, 0.3) is 0 Å². The number of benzene rings is 1. The highest BCUT2D eigenvalue weighted by Gasteiger charge is 2.21. The van der Waals surface area contributed by atoms with Gasteiger partial charge in [-0.1, -0.05) is 121 Å². The second-order valence-corrected chi connectivity index (χ2v) is 8.62. The lowest BCUT2D eigenvalue weighted by Gasteiger charge is -2.18. The molecule has 0 bridgehead atoms. The Kier molecular flexibility index (Phi) is 16.0. The average Bonchev–Trinajstić information content (AvgIpc) is 2.76. The van der Waals surface area contributed by atoms with E-state index in [9.17, 15) is 9.59 Å². The van der Waals surface area contributed by atoms with Crippen LogP contribution >= 0.6 is 0 Å². The fraction of sp³-hybridized carbons (Fsp3) is 0.704. The summed E-state index contributed by atoms with van der Waals surface area (Å²) in [6.07, 6.45) is 17.7. The monoisotopic (exact) mass is 415 g/mol. The molecule has 1 N–H and O–H groups in total. The Morgan fingerprint density at radius 3 is 1.67 bits per heavy atom. The molecule has 0 aromatic heterocycles. The summed E-state index contributed by atoms with van der Waals surface area (Å²) >= 11 is 0. The van der Waals surface area contributed by atoms with Crippen LogP contribution in [0.3, 0.4) is 0 Å². The van der Waals surface area contributed by atoms with Crippen LogP contribution < -0.4 is 5.32 Å². The van der Waals surface area contributed by atoms with Crippen molar-refractivity contribution in [3.05, 3.63) is 35.9 Å². The summed E-state index contributed by atoms with van der Waals surface area (Å²) in [5.41, 5.74) is 0.901. The van der Waals surface area contributed by atoms with Crippen LogP contribution in [0.1, 0.15) is 128 Å². The molecule has 1 aromatic carbocycles. The van der Waals surface area contributed by atoms with Crippen molar-refractivity contribution < 1.29 is 9.59 Å². The van der Waals surface area contributed by atoms with Gasteiger partial charge >= 0.3 is 0 Å². The number of unbranched alkanes of at least 4 members (excludes halogenated alkanes) is 12. The van der Waals surface area contributed by atoms with Crippen LogP contribution in [-0.2, 0) is 9.59 Å². The Morgan fingerprint density at radius 2 is 1.13 bits per heavy atom. The van der Waals surface area contributed by atoms with Gasteiger partial charge < -0.3 is 5.32 Å². The zero-order valence-corrected chi connectivity index (χ0v) is 19.6. The predicted octanol–water partition coefficient (Wildman–Crippen LogP) is 7.69. The van der Waals surface area contributed by atoms with Crippen molar-refractivity contribution in [3.8, 4) is 0 Å². The topological polar surface area (TPSA) is 46.2 Å². The van der Waals surface area contributed by atoms with Gasteiger partial charge in [0.2, 0.25) is 5.91 Å². The van der Waals surface area contributed by atoms with Gasteiger partial charge in [0.1, 0.15) is 6.04 Å². The molecular weight excluding hydrogens is 370 g/mol. The quantitative estimate of drug-likeness (QED) is 0.235. The van der Waals surface area contributed by atoms with Crippen LogP contribution in [0, 0.1) is 0 Å². The Labute approximate surface area is 185 Å². The first-order valence-corrected chi connectivity index (χ1v) is 12.6. The number of hydrogen-bond donors (Lipinski definition) is 1. The molecule has 1 amide bonds. The van der Waals surface area contributed by atoms with Crippen LogP contribution in [0.15, 0.2) is 30.3 Å². The summed E-state index contributed by atoms with van der Waals surface area (Å²) in [6.45, 7) is 4.45. The summed E-state index contributed by atoms with van der Waals surface area (Å²) < 4.78 is 0. The van der Waals surface area contributed by atoms with Gasteiger partial charge in [0.05, 0.1) is 0 Å². The number of Topliss-reactive ketones (excluding diaryl/α,β-unsaturated/α-hetero) is 1. The molecule has 0 spiro atoms. The summed E-state index contributed by atoms with van der Waals surface area (Å²) in [6, 6.07) is 9.21. The molecule has 3 heteroatoms. The minimum atomic E-state index is -0.497. The third kappa shape index (κ3) is 12.8. The molecule has 1 aromatic rings. The lowest BCUT2D eigenvalue weighted by atomic mass is 9.97. The van der Waals surface area contributed by atoms with Crippen molar-refractivity contribution in [2.75, 3.05) is 0 Å². The van der Waals surface area contributed by atoms with E-state index in [-0.39, 0.29) is 11.7 Å². The van der Waals surface area contributed by atoms with Crippen LogP contribution in [0.5, 0.6) is 0 Å². The number of nitrogens with one attached hydrogen (secondary N) is 1. The minimum Gasteiger partial charge on any atom is -0.342 e. The molecule has 0 unspecified atom stereocenters. The summed E-state index contributed by atoms with van der Waals surface area (Å²) in [5.74, 6) is 0.146. The molecule has 0 aliphatic carbocycles. The third-order valence-electron chi connectivity index (χ3n) is 5.79. The fourth-order valence-electron chi connectivity index (χ4n) is 3.87. The van der Waals surface area contributed by atoms with E-state index >= 15 is 0 Å². The number of amides is 1. The third-order valence-corrected chi connectivity index (χ3v) is 5.79.